The zero-order valence-corrected chi connectivity index (χ0v) is 14.9. The van der Waals surface area contributed by atoms with Crippen LogP contribution in [0.4, 0.5) is 0 Å². The standard InChI is InChI=1S/C21H13ClN4O/c22-15-9-7-14(8-10-15)13-26-21(27)17-5-2-1-4-16(17)20(25-26)18-6-3-11-24-19(18)12-23/h1-11H,13H2. The molecule has 27 heavy (non-hydrogen) atoms. The zero-order chi connectivity index (χ0) is 18.8. The predicted octanol–water partition coefficient (Wildman–Crippen LogP) is 4.03. The highest BCUT2D eigenvalue weighted by Crippen LogP contribution is 2.26. The molecule has 4 aromatic rings. The number of nitriles is 1. The molecule has 0 aliphatic rings. The Morgan fingerprint density at radius 3 is 2.48 bits per heavy atom. The van der Waals surface area contributed by atoms with Gasteiger partial charge >= 0.3 is 0 Å². The van der Waals surface area contributed by atoms with Crippen LogP contribution in [-0.4, -0.2) is 14.8 Å². The quantitative estimate of drug-likeness (QED) is 0.544. The number of hydrogen-bond donors (Lipinski definition) is 0. The van der Waals surface area contributed by atoms with Crippen LogP contribution in [0.3, 0.4) is 0 Å². The first kappa shape index (κ1) is 17.0. The minimum Gasteiger partial charge on any atom is -0.267 e. The summed E-state index contributed by atoms with van der Waals surface area (Å²) >= 11 is 5.94. The molecule has 0 saturated heterocycles. The van der Waals surface area contributed by atoms with Gasteiger partial charge in [-0.3, -0.25) is 4.79 Å². The van der Waals surface area contributed by atoms with Crippen LogP contribution in [0.15, 0.2) is 71.7 Å². The van der Waals surface area contributed by atoms with Crippen molar-refractivity contribution in [2.24, 2.45) is 0 Å². The summed E-state index contributed by atoms with van der Waals surface area (Å²) in [6.07, 6.45) is 1.56. The Kier molecular flexibility index (Phi) is 4.41. The molecular weight excluding hydrogens is 360 g/mol. The first-order chi connectivity index (χ1) is 13.2. The van der Waals surface area contributed by atoms with Crippen LogP contribution in [0.2, 0.25) is 5.02 Å². The molecule has 0 bridgehead atoms. The van der Waals surface area contributed by atoms with Crippen molar-refractivity contribution in [2.45, 2.75) is 6.54 Å². The molecule has 6 heteroatoms. The van der Waals surface area contributed by atoms with E-state index in [2.05, 4.69) is 16.2 Å². The highest BCUT2D eigenvalue weighted by atomic mass is 35.5. The van der Waals surface area contributed by atoms with Gasteiger partial charge < -0.3 is 0 Å². The molecule has 0 unspecified atom stereocenters. The maximum Gasteiger partial charge on any atom is 0.274 e. The topological polar surface area (TPSA) is 71.6 Å². The van der Waals surface area contributed by atoms with Crippen molar-refractivity contribution in [3.8, 4) is 17.3 Å². The van der Waals surface area contributed by atoms with Crippen molar-refractivity contribution in [3.63, 3.8) is 0 Å². The fraction of sp³-hybridized carbons (Fsp3) is 0.0476. The van der Waals surface area contributed by atoms with E-state index in [9.17, 15) is 10.1 Å². The van der Waals surface area contributed by atoms with Gasteiger partial charge in [-0.1, -0.05) is 41.9 Å². The first-order valence-corrected chi connectivity index (χ1v) is 8.65. The molecule has 0 N–H and O–H groups in total. The van der Waals surface area contributed by atoms with Crippen molar-refractivity contribution < 1.29 is 0 Å². The molecule has 0 fully saturated rings. The molecule has 0 saturated carbocycles. The second-order valence-electron chi connectivity index (χ2n) is 5.99. The lowest BCUT2D eigenvalue weighted by Gasteiger charge is -2.12. The molecule has 2 aromatic carbocycles. The van der Waals surface area contributed by atoms with Crippen LogP contribution >= 0.6 is 11.6 Å². The Bertz CT molecular complexity index is 1240. The van der Waals surface area contributed by atoms with Gasteiger partial charge in [0.2, 0.25) is 0 Å². The van der Waals surface area contributed by atoms with E-state index in [-0.39, 0.29) is 11.3 Å². The van der Waals surface area contributed by atoms with E-state index < -0.39 is 0 Å². The molecule has 2 heterocycles. The molecule has 0 amide bonds. The molecular formula is C21H13ClN4O. The zero-order valence-electron chi connectivity index (χ0n) is 14.1. The van der Waals surface area contributed by atoms with Gasteiger partial charge in [0.15, 0.2) is 0 Å². The molecule has 0 aliphatic carbocycles. The number of nitrogens with zero attached hydrogens (tertiary/aromatic N) is 4. The number of aromatic nitrogens is 3. The van der Waals surface area contributed by atoms with Gasteiger partial charge in [0.1, 0.15) is 17.5 Å². The molecule has 5 nitrogen and oxygen atoms in total. The highest BCUT2D eigenvalue weighted by molar-refractivity contribution is 6.30. The Hall–Kier alpha value is -3.49. The van der Waals surface area contributed by atoms with Crippen molar-refractivity contribution in [1.29, 1.82) is 5.26 Å². The summed E-state index contributed by atoms with van der Waals surface area (Å²) in [6.45, 7) is 0.302. The van der Waals surface area contributed by atoms with Crippen LogP contribution in [0.5, 0.6) is 0 Å². The van der Waals surface area contributed by atoms with E-state index >= 15 is 0 Å². The summed E-state index contributed by atoms with van der Waals surface area (Å²) in [5.41, 5.74) is 2.14. The maximum absolute atomic E-state index is 12.9. The number of pyridine rings is 1. The normalized spacial score (nSPS) is 10.7. The fourth-order valence-corrected chi connectivity index (χ4v) is 3.12. The Morgan fingerprint density at radius 2 is 1.74 bits per heavy atom. The van der Waals surface area contributed by atoms with Crippen LogP contribution < -0.4 is 5.56 Å². The summed E-state index contributed by atoms with van der Waals surface area (Å²) in [6, 6.07) is 20.2. The molecule has 0 spiro atoms. The Balaban J connectivity index is 1.96. The largest absolute Gasteiger partial charge is 0.274 e. The second kappa shape index (κ2) is 7.02. The van der Waals surface area contributed by atoms with Crippen LogP contribution in [-0.2, 0) is 6.54 Å². The second-order valence-corrected chi connectivity index (χ2v) is 6.43. The average molecular weight is 373 g/mol. The smallest absolute Gasteiger partial charge is 0.267 e. The number of benzene rings is 2. The van der Waals surface area contributed by atoms with Gasteiger partial charge in [-0.25, -0.2) is 9.67 Å². The summed E-state index contributed by atoms with van der Waals surface area (Å²) in [4.78, 5) is 17.1. The van der Waals surface area contributed by atoms with Crippen LogP contribution in [0.1, 0.15) is 11.3 Å². The molecule has 0 aliphatic heterocycles. The average Bonchev–Trinajstić information content (AvgIpc) is 2.72. The third-order valence-electron chi connectivity index (χ3n) is 4.28. The predicted molar refractivity (Wildman–Crippen MR) is 105 cm³/mol. The van der Waals surface area contributed by atoms with E-state index in [4.69, 9.17) is 11.6 Å². The monoisotopic (exact) mass is 372 g/mol. The maximum atomic E-state index is 12.9. The van der Waals surface area contributed by atoms with E-state index in [0.29, 0.717) is 33.6 Å². The van der Waals surface area contributed by atoms with Crippen molar-refractivity contribution in [1.82, 2.24) is 14.8 Å². The van der Waals surface area contributed by atoms with Gasteiger partial charge in [-0.15, -0.1) is 0 Å². The Morgan fingerprint density at radius 1 is 1.00 bits per heavy atom. The highest BCUT2D eigenvalue weighted by Gasteiger charge is 2.15. The summed E-state index contributed by atoms with van der Waals surface area (Å²) in [5.74, 6) is 0. The lowest BCUT2D eigenvalue weighted by atomic mass is 10.0. The lowest BCUT2D eigenvalue weighted by Crippen LogP contribution is -2.24. The third-order valence-corrected chi connectivity index (χ3v) is 4.53. The minimum atomic E-state index is -0.188. The molecule has 0 atom stereocenters. The number of halogens is 1. The van der Waals surface area contributed by atoms with E-state index in [1.54, 1.807) is 36.5 Å². The summed E-state index contributed by atoms with van der Waals surface area (Å²) in [7, 11) is 0. The van der Waals surface area contributed by atoms with Gasteiger partial charge in [-0.05, 0) is 35.9 Å². The minimum absolute atomic E-state index is 0.188. The van der Waals surface area contributed by atoms with Crippen LogP contribution in [0.25, 0.3) is 22.0 Å². The number of hydrogen-bond acceptors (Lipinski definition) is 4. The fourth-order valence-electron chi connectivity index (χ4n) is 2.99. The number of rotatable bonds is 3. The van der Waals surface area contributed by atoms with Crippen molar-refractivity contribution >= 4 is 22.4 Å². The lowest BCUT2D eigenvalue weighted by molar-refractivity contribution is 0.651. The summed E-state index contributed by atoms with van der Waals surface area (Å²) in [5, 5.41) is 15.9. The molecule has 2 aromatic heterocycles. The van der Waals surface area contributed by atoms with Gasteiger partial charge in [0.25, 0.3) is 5.56 Å². The molecule has 130 valence electrons. The number of fused-ring (bicyclic) bond motifs is 1. The first-order valence-electron chi connectivity index (χ1n) is 8.27. The van der Waals surface area contributed by atoms with Crippen molar-refractivity contribution in [3.05, 3.63) is 93.5 Å². The van der Waals surface area contributed by atoms with Gasteiger partial charge in [0, 0.05) is 22.2 Å². The van der Waals surface area contributed by atoms with E-state index in [1.165, 1.54) is 4.68 Å². The van der Waals surface area contributed by atoms with Crippen LogP contribution in [0, 0.1) is 11.3 Å². The third kappa shape index (κ3) is 3.19. The van der Waals surface area contributed by atoms with E-state index in [1.807, 2.05) is 30.3 Å². The van der Waals surface area contributed by atoms with Gasteiger partial charge in [-0.2, -0.15) is 10.4 Å². The SMILES string of the molecule is N#Cc1ncccc1-c1nn(Cc2ccc(Cl)cc2)c(=O)c2ccccc12. The Labute approximate surface area is 160 Å². The van der Waals surface area contributed by atoms with E-state index in [0.717, 1.165) is 5.56 Å². The molecule has 0 radical (unpaired) electrons. The molecule has 4 rings (SSSR count). The van der Waals surface area contributed by atoms with Crippen molar-refractivity contribution in [2.75, 3.05) is 0 Å². The summed E-state index contributed by atoms with van der Waals surface area (Å²) < 4.78 is 1.41. The van der Waals surface area contributed by atoms with Gasteiger partial charge in [0.05, 0.1) is 11.9 Å².